The Morgan fingerprint density at radius 2 is 1.70 bits per heavy atom. The Kier molecular flexibility index (Phi) is 5.60. The third kappa shape index (κ3) is 4.34. The van der Waals surface area contributed by atoms with Gasteiger partial charge >= 0.3 is 0 Å². The first-order valence-electron chi connectivity index (χ1n) is 6.86. The van der Waals surface area contributed by atoms with E-state index >= 15 is 0 Å². The smallest absolute Gasteiger partial charge is 0.0914 e. The van der Waals surface area contributed by atoms with Crippen LogP contribution in [0.5, 0.6) is 0 Å². The van der Waals surface area contributed by atoms with Crippen molar-refractivity contribution in [2.45, 2.75) is 25.5 Å². The van der Waals surface area contributed by atoms with E-state index in [1.807, 2.05) is 54.6 Å². The Labute approximate surface area is 125 Å². The average molecular weight is 290 g/mol. The van der Waals surface area contributed by atoms with Gasteiger partial charge in [0.25, 0.3) is 0 Å². The van der Waals surface area contributed by atoms with Crippen molar-refractivity contribution in [3.63, 3.8) is 0 Å². The van der Waals surface area contributed by atoms with E-state index < -0.39 is 6.10 Å². The van der Waals surface area contributed by atoms with E-state index in [1.165, 1.54) is 0 Å². The van der Waals surface area contributed by atoms with Crippen LogP contribution in [0.3, 0.4) is 0 Å². The third-order valence-corrected chi connectivity index (χ3v) is 3.70. The normalized spacial score (nSPS) is 13.9. The fourth-order valence-electron chi connectivity index (χ4n) is 2.17. The van der Waals surface area contributed by atoms with Crippen molar-refractivity contribution < 1.29 is 5.11 Å². The lowest BCUT2D eigenvalue weighted by Gasteiger charge is -2.18. The van der Waals surface area contributed by atoms with Gasteiger partial charge in [0.1, 0.15) is 0 Å². The van der Waals surface area contributed by atoms with Crippen LogP contribution >= 0.6 is 11.6 Å². The van der Waals surface area contributed by atoms with Gasteiger partial charge < -0.3 is 10.4 Å². The predicted molar refractivity (Wildman–Crippen MR) is 84.0 cm³/mol. The number of hydrogen-bond acceptors (Lipinski definition) is 2. The van der Waals surface area contributed by atoms with Gasteiger partial charge in [0.2, 0.25) is 0 Å². The second-order valence-electron chi connectivity index (χ2n) is 5.03. The number of aliphatic hydroxyl groups is 1. The van der Waals surface area contributed by atoms with Gasteiger partial charge in [-0.25, -0.2) is 0 Å². The second kappa shape index (κ2) is 7.44. The Bertz CT molecular complexity index is 530. The molecule has 0 aliphatic rings. The van der Waals surface area contributed by atoms with Crippen molar-refractivity contribution in [1.82, 2.24) is 5.32 Å². The fourth-order valence-corrected chi connectivity index (χ4v) is 2.38. The molecule has 2 rings (SSSR count). The molecule has 2 atom stereocenters. The minimum atomic E-state index is -0.482. The van der Waals surface area contributed by atoms with Gasteiger partial charge in [-0.05, 0) is 30.5 Å². The maximum atomic E-state index is 10.1. The van der Waals surface area contributed by atoms with E-state index in [-0.39, 0.29) is 6.04 Å². The highest BCUT2D eigenvalue weighted by molar-refractivity contribution is 6.31. The highest BCUT2D eigenvalue weighted by Gasteiger charge is 2.10. The molecule has 0 spiro atoms. The summed E-state index contributed by atoms with van der Waals surface area (Å²) in [6, 6.07) is 17.8. The monoisotopic (exact) mass is 289 g/mol. The molecule has 2 nitrogen and oxygen atoms in total. The van der Waals surface area contributed by atoms with Crippen molar-refractivity contribution in [2.24, 2.45) is 0 Å². The first kappa shape index (κ1) is 15.0. The quantitative estimate of drug-likeness (QED) is 0.852. The fraction of sp³-hybridized carbons (Fsp3) is 0.294. The van der Waals surface area contributed by atoms with Crippen LogP contribution in [-0.4, -0.2) is 17.7 Å². The Hall–Kier alpha value is -1.35. The molecule has 0 bridgehead atoms. The van der Waals surface area contributed by atoms with Gasteiger partial charge in [-0.15, -0.1) is 0 Å². The molecule has 0 fully saturated rings. The summed E-state index contributed by atoms with van der Waals surface area (Å²) >= 11 is 6.15. The molecule has 0 aromatic heterocycles. The van der Waals surface area contributed by atoms with E-state index in [0.717, 1.165) is 22.6 Å². The molecule has 0 aliphatic carbocycles. The zero-order valence-electron chi connectivity index (χ0n) is 11.6. The molecule has 0 heterocycles. The van der Waals surface area contributed by atoms with Crippen LogP contribution in [0.15, 0.2) is 54.6 Å². The molecule has 0 radical (unpaired) electrons. The van der Waals surface area contributed by atoms with Crippen molar-refractivity contribution in [1.29, 1.82) is 0 Å². The van der Waals surface area contributed by atoms with E-state index in [1.54, 1.807) is 0 Å². The second-order valence-corrected chi connectivity index (χ2v) is 5.44. The standard InChI is InChI=1S/C17H20ClNO/c1-13(11-15-9-5-6-10-16(15)18)19-12-17(20)14-7-3-2-4-8-14/h2-10,13,17,19-20H,11-12H2,1H3/t13-,17+/m1/s1. The number of rotatable bonds is 6. The van der Waals surface area contributed by atoms with Gasteiger partial charge in [0.15, 0.2) is 0 Å². The summed E-state index contributed by atoms with van der Waals surface area (Å²) in [5, 5.41) is 14.2. The van der Waals surface area contributed by atoms with Crippen LogP contribution in [0.1, 0.15) is 24.2 Å². The molecule has 0 saturated heterocycles. The first-order chi connectivity index (χ1) is 9.66. The van der Waals surface area contributed by atoms with Crippen molar-refractivity contribution in [3.8, 4) is 0 Å². The van der Waals surface area contributed by atoms with Gasteiger partial charge in [0, 0.05) is 17.6 Å². The number of aliphatic hydroxyl groups excluding tert-OH is 1. The first-order valence-corrected chi connectivity index (χ1v) is 7.24. The molecule has 0 amide bonds. The molecule has 3 heteroatoms. The predicted octanol–water partition coefficient (Wildman–Crippen LogP) is 3.59. The maximum absolute atomic E-state index is 10.1. The molecule has 0 aliphatic heterocycles. The molecule has 2 N–H and O–H groups in total. The minimum Gasteiger partial charge on any atom is -0.387 e. The maximum Gasteiger partial charge on any atom is 0.0914 e. The van der Waals surface area contributed by atoms with Crippen LogP contribution in [0, 0.1) is 0 Å². The topological polar surface area (TPSA) is 32.3 Å². The van der Waals surface area contributed by atoms with E-state index in [4.69, 9.17) is 11.6 Å². The van der Waals surface area contributed by atoms with Crippen LogP contribution in [0.4, 0.5) is 0 Å². The van der Waals surface area contributed by atoms with Crippen molar-refractivity contribution >= 4 is 11.6 Å². The summed E-state index contributed by atoms with van der Waals surface area (Å²) in [6.45, 7) is 2.64. The molecule has 2 aromatic carbocycles. The lowest BCUT2D eigenvalue weighted by molar-refractivity contribution is 0.170. The Balaban J connectivity index is 1.84. The lowest BCUT2D eigenvalue weighted by Crippen LogP contribution is -2.32. The van der Waals surface area contributed by atoms with Crippen LogP contribution < -0.4 is 5.32 Å². The zero-order chi connectivity index (χ0) is 14.4. The summed E-state index contributed by atoms with van der Waals surface area (Å²) < 4.78 is 0. The highest BCUT2D eigenvalue weighted by Crippen LogP contribution is 2.17. The van der Waals surface area contributed by atoms with Crippen LogP contribution in [-0.2, 0) is 6.42 Å². The molecule has 20 heavy (non-hydrogen) atoms. The van der Waals surface area contributed by atoms with E-state index in [2.05, 4.69) is 12.2 Å². The summed E-state index contributed by atoms with van der Waals surface area (Å²) in [4.78, 5) is 0. The largest absolute Gasteiger partial charge is 0.387 e. The van der Waals surface area contributed by atoms with E-state index in [9.17, 15) is 5.11 Å². The number of benzene rings is 2. The Morgan fingerprint density at radius 1 is 1.05 bits per heavy atom. The number of halogens is 1. The highest BCUT2D eigenvalue weighted by atomic mass is 35.5. The molecule has 106 valence electrons. The van der Waals surface area contributed by atoms with Crippen LogP contribution in [0.2, 0.25) is 5.02 Å². The zero-order valence-corrected chi connectivity index (χ0v) is 12.3. The molecule has 0 unspecified atom stereocenters. The number of hydrogen-bond donors (Lipinski definition) is 2. The lowest BCUT2D eigenvalue weighted by atomic mass is 10.1. The molecule has 2 aromatic rings. The number of nitrogens with one attached hydrogen (secondary N) is 1. The van der Waals surface area contributed by atoms with E-state index in [0.29, 0.717) is 6.54 Å². The summed E-state index contributed by atoms with van der Waals surface area (Å²) in [6.07, 6.45) is 0.367. The molecular formula is C17H20ClNO. The average Bonchev–Trinajstić information content (AvgIpc) is 2.48. The van der Waals surface area contributed by atoms with Crippen LogP contribution in [0.25, 0.3) is 0 Å². The SMILES string of the molecule is C[C@H](Cc1ccccc1Cl)NC[C@H](O)c1ccccc1. The molecular weight excluding hydrogens is 270 g/mol. The van der Waals surface area contributed by atoms with Gasteiger partial charge in [0.05, 0.1) is 6.10 Å². The summed E-state index contributed by atoms with van der Waals surface area (Å²) in [5.41, 5.74) is 2.06. The Morgan fingerprint density at radius 3 is 2.40 bits per heavy atom. The minimum absolute atomic E-state index is 0.258. The van der Waals surface area contributed by atoms with Crippen molar-refractivity contribution in [2.75, 3.05) is 6.54 Å². The molecule has 0 saturated carbocycles. The summed E-state index contributed by atoms with van der Waals surface area (Å²) in [5.74, 6) is 0. The van der Waals surface area contributed by atoms with Gasteiger partial charge in [-0.2, -0.15) is 0 Å². The summed E-state index contributed by atoms with van der Waals surface area (Å²) in [7, 11) is 0. The van der Waals surface area contributed by atoms with Crippen molar-refractivity contribution in [3.05, 3.63) is 70.7 Å². The third-order valence-electron chi connectivity index (χ3n) is 3.33. The van der Waals surface area contributed by atoms with Gasteiger partial charge in [-0.3, -0.25) is 0 Å². The van der Waals surface area contributed by atoms with Gasteiger partial charge in [-0.1, -0.05) is 60.1 Å².